The van der Waals surface area contributed by atoms with Crippen LogP contribution in [0.1, 0.15) is 16.7 Å². The molecule has 0 heterocycles. The fourth-order valence-corrected chi connectivity index (χ4v) is 3.47. The molecule has 0 fully saturated rings. The van der Waals surface area contributed by atoms with E-state index in [0.717, 1.165) is 0 Å². The lowest BCUT2D eigenvalue weighted by molar-refractivity contribution is -0.129. The summed E-state index contributed by atoms with van der Waals surface area (Å²) >= 11 is 12.0. The third kappa shape index (κ3) is 6.17. The lowest BCUT2D eigenvalue weighted by atomic mass is 10.0. The third-order valence-electron chi connectivity index (χ3n) is 4.59. The third-order valence-corrected chi connectivity index (χ3v) is 5.15. The summed E-state index contributed by atoms with van der Waals surface area (Å²) in [6, 6.07) is 19.4. The van der Waals surface area contributed by atoms with Crippen molar-refractivity contribution in [1.29, 1.82) is 5.26 Å². The van der Waals surface area contributed by atoms with Crippen molar-refractivity contribution < 1.29 is 19.0 Å². The highest BCUT2D eigenvalue weighted by Crippen LogP contribution is 2.32. The van der Waals surface area contributed by atoms with E-state index in [1.807, 2.05) is 12.1 Å². The number of hydrogen-bond acceptors (Lipinski definition) is 5. The fourth-order valence-electron chi connectivity index (χ4n) is 3.00. The number of esters is 1. The van der Waals surface area contributed by atoms with Gasteiger partial charge in [-0.05, 0) is 59.7 Å². The number of para-hydroxylation sites is 1. The Hall–Kier alpha value is -3.72. The van der Waals surface area contributed by atoms with Crippen molar-refractivity contribution in [2.45, 2.75) is 0 Å². The summed E-state index contributed by atoms with van der Waals surface area (Å²) < 4.78 is 16.1. The van der Waals surface area contributed by atoms with E-state index >= 15 is 0 Å². The fraction of sp³-hybridized carbons (Fsp3) is 0.0769. The largest absolute Gasteiger partial charge is 0.496 e. The topological polar surface area (TPSA) is 68.6 Å². The highest BCUT2D eigenvalue weighted by atomic mass is 35.5. The Labute approximate surface area is 202 Å². The molecule has 0 spiro atoms. The first kappa shape index (κ1) is 23.9. The van der Waals surface area contributed by atoms with Gasteiger partial charge in [0.05, 0.1) is 25.9 Å². The van der Waals surface area contributed by atoms with Gasteiger partial charge in [-0.2, -0.15) is 5.26 Å². The second-order valence-corrected chi connectivity index (χ2v) is 7.54. The molecule has 0 bridgehead atoms. The highest BCUT2D eigenvalue weighted by molar-refractivity contribution is 6.35. The molecule has 166 valence electrons. The standard InChI is InChI=1S/C26H19Cl2NO4/c1-31-23-6-4-3-5-21(23)19(16-29)13-17-7-11-24(25(14-17)32-2)33-26(30)12-9-18-8-10-20(27)15-22(18)28/h3-15H,1-2H3/b12-9+,19-13-. The van der Waals surface area contributed by atoms with Crippen LogP contribution in [0.15, 0.2) is 66.7 Å². The van der Waals surface area contributed by atoms with Crippen LogP contribution in [0.3, 0.4) is 0 Å². The van der Waals surface area contributed by atoms with Gasteiger partial charge in [-0.25, -0.2) is 4.79 Å². The number of hydrogen-bond donors (Lipinski definition) is 0. The van der Waals surface area contributed by atoms with Gasteiger partial charge in [-0.1, -0.05) is 47.5 Å². The molecule has 3 aromatic carbocycles. The Kier molecular flexibility index (Phi) is 8.15. The summed E-state index contributed by atoms with van der Waals surface area (Å²) in [5.74, 6) is 0.569. The second kappa shape index (κ2) is 11.2. The van der Waals surface area contributed by atoms with Crippen LogP contribution in [0.4, 0.5) is 0 Å². The zero-order valence-corrected chi connectivity index (χ0v) is 19.4. The van der Waals surface area contributed by atoms with E-state index in [4.69, 9.17) is 37.4 Å². The Morgan fingerprint density at radius 2 is 1.70 bits per heavy atom. The van der Waals surface area contributed by atoms with Crippen molar-refractivity contribution in [3.05, 3.63) is 93.5 Å². The maximum absolute atomic E-state index is 12.3. The molecule has 0 aliphatic rings. The molecule has 0 radical (unpaired) electrons. The molecule has 5 nitrogen and oxygen atoms in total. The molecular formula is C26H19Cl2NO4. The van der Waals surface area contributed by atoms with E-state index in [2.05, 4.69) is 6.07 Å². The lowest BCUT2D eigenvalue weighted by Crippen LogP contribution is -2.05. The first-order valence-electron chi connectivity index (χ1n) is 9.73. The molecule has 33 heavy (non-hydrogen) atoms. The average molecular weight is 480 g/mol. The number of rotatable bonds is 7. The van der Waals surface area contributed by atoms with Crippen LogP contribution in [-0.2, 0) is 4.79 Å². The smallest absolute Gasteiger partial charge is 0.336 e. The van der Waals surface area contributed by atoms with Crippen molar-refractivity contribution in [3.8, 4) is 23.3 Å². The summed E-state index contributed by atoms with van der Waals surface area (Å²) in [7, 11) is 3.02. The van der Waals surface area contributed by atoms with Gasteiger partial charge in [0.15, 0.2) is 11.5 Å². The maximum Gasteiger partial charge on any atom is 0.336 e. The molecule has 0 amide bonds. The quantitative estimate of drug-likeness (QED) is 0.124. The number of methoxy groups -OCH3 is 2. The lowest BCUT2D eigenvalue weighted by Gasteiger charge is -2.10. The minimum atomic E-state index is -0.602. The molecule has 0 aromatic heterocycles. The Morgan fingerprint density at radius 1 is 0.939 bits per heavy atom. The van der Waals surface area contributed by atoms with Gasteiger partial charge >= 0.3 is 5.97 Å². The normalized spacial score (nSPS) is 11.2. The summed E-state index contributed by atoms with van der Waals surface area (Å²) in [5.41, 5.74) is 2.41. The summed E-state index contributed by atoms with van der Waals surface area (Å²) in [6.45, 7) is 0. The summed E-state index contributed by atoms with van der Waals surface area (Å²) in [4.78, 5) is 12.3. The van der Waals surface area contributed by atoms with Crippen LogP contribution in [0.25, 0.3) is 17.7 Å². The zero-order valence-electron chi connectivity index (χ0n) is 17.8. The first-order chi connectivity index (χ1) is 15.9. The maximum atomic E-state index is 12.3. The number of carbonyl (C=O) groups excluding carboxylic acids is 1. The van der Waals surface area contributed by atoms with Gasteiger partial charge in [0.2, 0.25) is 0 Å². The molecule has 0 aliphatic heterocycles. The zero-order chi connectivity index (χ0) is 23.8. The molecule has 3 rings (SSSR count). The summed E-state index contributed by atoms with van der Waals surface area (Å²) in [6.07, 6.45) is 4.50. The molecule has 3 aromatic rings. The van der Waals surface area contributed by atoms with Crippen LogP contribution >= 0.6 is 23.2 Å². The number of halogens is 2. The highest BCUT2D eigenvalue weighted by Gasteiger charge is 2.11. The number of allylic oxidation sites excluding steroid dienone is 1. The molecule has 0 saturated heterocycles. The van der Waals surface area contributed by atoms with Gasteiger partial charge < -0.3 is 14.2 Å². The van der Waals surface area contributed by atoms with Gasteiger partial charge in [0, 0.05) is 21.7 Å². The molecular weight excluding hydrogens is 461 g/mol. The second-order valence-electron chi connectivity index (χ2n) is 6.70. The van der Waals surface area contributed by atoms with Crippen molar-refractivity contribution in [2.75, 3.05) is 14.2 Å². The molecule has 0 unspecified atom stereocenters. The van der Waals surface area contributed by atoms with E-state index in [1.54, 1.807) is 61.7 Å². The Balaban J connectivity index is 1.82. The molecule has 7 heteroatoms. The van der Waals surface area contributed by atoms with Crippen molar-refractivity contribution in [1.82, 2.24) is 0 Å². The van der Waals surface area contributed by atoms with E-state index in [9.17, 15) is 10.1 Å². The van der Waals surface area contributed by atoms with Crippen LogP contribution in [-0.4, -0.2) is 20.2 Å². The minimum absolute atomic E-state index is 0.238. The van der Waals surface area contributed by atoms with Crippen molar-refractivity contribution >= 4 is 46.9 Å². The minimum Gasteiger partial charge on any atom is -0.496 e. The van der Waals surface area contributed by atoms with E-state index in [-0.39, 0.29) is 5.75 Å². The van der Waals surface area contributed by atoms with Gasteiger partial charge in [-0.3, -0.25) is 0 Å². The number of nitrogens with zero attached hydrogens (tertiary/aromatic N) is 1. The predicted molar refractivity (Wildman–Crippen MR) is 131 cm³/mol. The van der Waals surface area contributed by atoms with Crippen LogP contribution < -0.4 is 14.2 Å². The Bertz CT molecular complexity index is 1280. The number of benzene rings is 3. The molecule has 0 aliphatic carbocycles. The van der Waals surface area contributed by atoms with Crippen LogP contribution in [0.2, 0.25) is 10.0 Å². The molecule has 0 N–H and O–H groups in total. The number of carbonyl (C=O) groups is 1. The predicted octanol–water partition coefficient (Wildman–Crippen LogP) is 6.69. The van der Waals surface area contributed by atoms with Crippen LogP contribution in [0.5, 0.6) is 17.2 Å². The molecule has 0 atom stereocenters. The van der Waals surface area contributed by atoms with Crippen molar-refractivity contribution in [2.24, 2.45) is 0 Å². The Morgan fingerprint density at radius 3 is 2.39 bits per heavy atom. The van der Waals surface area contributed by atoms with Gasteiger partial charge in [-0.15, -0.1) is 0 Å². The van der Waals surface area contributed by atoms with Crippen molar-refractivity contribution in [3.63, 3.8) is 0 Å². The first-order valence-corrected chi connectivity index (χ1v) is 10.5. The summed E-state index contributed by atoms with van der Waals surface area (Å²) in [5, 5.41) is 10.6. The number of nitriles is 1. The average Bonchev–Trinajstić information content (AvgIpc) is 2.82. The van der Waals surface area contributed by atoms with E-state index < -0.39 is 5.97 Å². The van der Waals surface area contributed by atoms with Crippen LogP contribution in [0, 0.1) is 11.3 Å². The van der Waals surface area contributed by atoms with E-state index in [0.29, 0.717) is 43.8 Å². The SMILES string of the molecule is COc1cc(/C=C(/C#N)c2ccccc2OC)ccc1OC(=O)/C=C/c1ccc(Cl)cc1Cl. The monoisotopic (exact) mass is 479 g/mol. The number of ether oxygens (including phenoxy) is 3. The van der Waals surface area contributed by atoms with E-state index in [1.165, 1.54) is 19.3 Å². The van der Waals surface area contributed by atoms with Gasteiger partial charge in [0.1, 0.15) is 5.75 Å². The molecule has 0 saturated carbocycles. The van der Waals surface area contributed by atoms with Gasteiger partial charge in [0.25, 0.3) is 0 Å².